The second-order valence-electron chi connectivity index (χ2n) is 3.38. The second-order valence-corrected chi connectivity index (χ2v) is 3.38. The van der Waals surface area contributed by atoms with E-state index in [9.17, 15) is 4.79 Å². The highest BCUT2D eigenvalue weighted by molar-refractivity contribution is 5.84. The quantitative estimate of drug-likeness (QED) is 0.817. The van der Waals surface area contributed by atoms with Crippen LogP contribution in [0.3, 0.4) is 0 Å². The molecule has 0 fully saturated rings. The standard InChI is InChI=1S/C13H11NO3/c15-13(16)7-3-9-17-12-6-1-5-11-10(12)4-2-8-14-11/h1-8H,9H2,(H,15,16)/b7-3+. The van der Waals surface area contributed by atoms with Crippen molar-refractivity contribution in [1.82, 2.24) is 4.98 Å². The molecule has 17 heavy (non-hydrogen) atoms. The van der Waals surface area contributed by atoms with Gasteiger partial charge >= 0.3 is 5.97 Å². The van der Waals surface area contributed by atoms with E-state index in [1.54, 1.807) is 6.20 Å². The van der Waals surface area contributed by atoms with E-state index in [0.29, 0.717) is 5.75 Å². The van der Waals surface area contributed by atoms with E-state index in [-0.39, 0.29) is 6.61 Å². The number of hydrogen-bond acceptors (Lipinski definition) is 3. The molecule has 0 saturated heterocycles. The van der Waals surface area contributed by atoms with E-state index in [1.165, 1.54) is 6.08 Å². The molecule has 0 saturated carbocycles. The average Bonchev–Trinajstić information content (AvgIpc) is 2.34. The predicted molar refractivity (Wildman–Crippen MR) is 64.0 cm³/mol. The summed E-state index contributed by atoms with van der Waals surface area (Å²) < 4.78 is 5.48. The fraction of sp³-hybridized carbons (Fsp3) is 0.0769. The van der Waals surface area contributed by atoms with Gasteiger partial charge in [0.15, 0.2) is 0 Å². The van der Waals surface area contributed by atoms with Gasteiger partial charge in [0.1, 0.15) is 12.4 Å². The first-order valence-electron chi connectivity index (χ1n) is 5.13. The van der Waals surface area contributed by atoms with Gasteiger partial charge in [-0.15, -0.1) is 0 Å². The molecule has 1 heterocycles. The number of fused-ring (bicyclic) bond motifs is 1. The van der Waals surface area contributed by atoms with E-state index in [2.05, 4.69) is 4.98 Å². The zero-order valence-electron chi connectivity index (χ0n) is 9.04. The van der Waals surface area contributed by atoms with Crippen LogP contribution in [0.1, 0.15) is 0 Å². The maximum atomic E-state index is 10.3. The Morgan fingerprint density at radius 1 is 1.35 bits per heavy atom. The highest BCUT2D eigenvalue weighted by Gasteiger charge is 2.00. The van der Waals surface area contributed by atoms with Crippen molar-refractivity contribution >= 4 is 16.9 Å². The largest absolute Gasteiger partial charge is 0.489 e. The van der Waals surface area contributed by atoms with Crippen molar-refractivity contribution in [2.75, 3.05) is 6.61 Å². The van der Waals surface area contributed by atoms with Crippen LogP contribution in [-0.2, 0) is 4.79 Å². The first kappa shape index (κ1) is 11.1. The molecular formula is C13H11NO3. The van der Waals surface area contributed by atoms with Gasteiger partial charge in [-0.2, -0.15) is 0 Å². The number of ether oxygens (including phenoxy) is 1. The molecule has 0 unspecified atom stereocenters. The Kier molecular flexibility index (Phi) is 3.35. The van der Waals surface area contributed by atoms with Gasteiger partial charge in [0.2, 0.25) is 0 Å². The van der Waals surface area contributed by atoms with Crippen LogP contribution in [0.4, 0.5) is 0 Å². The van der Waals surface area contributed by atoms with Crippen LogP contribution in [0.5, 0.6) is 5.75 Å². The average molecular weight is 229 g/mol. The summed E-state index contributed by atoms with van der Waals surface area (Å²) in [6, 6.07) is 9.33. The molecule has 0 aliphatic carbocycles. The zero-order valence-corrected chi connectivity index (χ0v) is 9.04. The third-order valence-corrected chi connectivity index (χ3v) is 2.20. The summed E-state index contributed by atoms with van der Waals surface area (Å²) in [7, 11) is 0. The van der Waals surface area contributed by atoms with Gasteiger partial charge in [-0.25, -0.2) is 4.79 Å². The molecule has 2 rings (SSSR count). The third-order valence-electron chi connectivity index (χ3n) is 2.20. The minimum absolute atomic E-state index is 0.223. The maximum absolute atomic E-state index is 10.3. The summed E-state index contributed by atoms with van der Waals surface area (Å²) in [5.41, 5.74) is 0.854. The van der Waals surface area contributed by atoms with E-state index in [0.717, 1.165) is 17.0 Å². The fourth-order valence-electron chi connectivity index (χ4n) is 1.49. The number of rotatable bonds is 4. The highest BCUT2D eigenvalue weighted by atomic mass is 16.5. The van der Waals surface area contributed by atoms with Crippen molar-refractivity contribution in [2.24, 2.45) is 0 Å². The molecule has 0 aliphatic rings. The Morgan fingerprint density at radius 2 is 2.24 bits per heavy atom. The molecular weight excluding hydrogens is 218 g/mol. The summed E-state index contributed by atoms with van der Waals surface area (Å²) in [4.78, 5) is 14.5. The summed E-state index contributed by atoms with van der Waals surface area (Å²) in [5.74, 6) is -0.279. The number of benzene rings is 1. The van der Waals surface area contributed by atoms with Crippen molar-refractivity contribution in [3.63, 3.8) is 0 Å². The number of carboxylic acid groups (broad SMARTS) is 1. The molecule has 0 atom stereocenters. The minimum Gasteiger partial charge on any atom is -0.489 e. The van der Waals surface area contributed by atoms with Crippen LogP contribution in [0.25, 0.3) is 10.9 Å². The first-order valence-corrected chi connectivity index (χ1v) is 5.13. The molecule has 0 radical (unpaired) electrons. The zero-order chi connectivity index (χ0) is 12.1. The van der Waals surface area contributed by atoms with E-state index >= 15 is 0 Å². The topological polar surface area (TPSA) is 59.4 Å². The van der Waals surface area contributed by atoms with E-state index in [1.807, 2.05) is 30.3 Å². The molecule has 1 aromatic carbocycles. The van der Waals surface area contributed by atoms with Crippen LogP contribution in [0, 0.1) is 0 Å². The number of aliphatic carboxylic acids is 1. The number of aromatic nitrogens is 1. The van der Waals surface area contributed by atoms with E-state index in [4.69, 9.17) is 9.84 Å². The summed E-state index contributed by atoms with van der Waals surface area (Å²) in [5, 5.41) is 9.35. The molecule has 86 valence electrons. The van der Waals surface area contributed by atoms with Crippen molar-refractivity contribution in [3.05, 3.63) is 48.7 Å². The summed E-state index contributed by atoms with van der Waals surface area (Å²) in [6.45, 7) is 0.223. The third kappa shape index (κ3) is 2.81. The van der Waals surface area contributed by atoms with Crippen LogP contribution in [0.15, 0.2) is 48.7 Å². The van der Waals surface area contributed by atoms with Gasteiger partial charge in [-0.05, 0) is 30.3 Å². The second kappa shape index (κ2) is 5.12. The van der Waals surface area contributed by atoms with Gasteiger partial charge in [0.25, 0.3) is 0 Å². The Morgan fingerprint density at radius 3 is 3.06 bits per heavy atom. The SMILES string of the molecule is O=C(O)/C=C/COc1cccc2ncccc12. The molecule has 0 aliphatic heterocycles. The van der Waals surface area contributed by atoms with Crippen molar-refractivity contribution < 1.29 is 14.6 Å². The molecule has 1 aromatic heterocycles. The Balaban J connectivity index is 2.16. The van der Waals surface area contributed by atoms with Gasteiger partial charge in [-0.3, -0.25) is 4.98 Å². The van der Waals surface area contributed by atoms with Gasteiger partial charge in [0.05, 0.1) is 5.52 Å². The monoisotopic (exact) mass is 229 g/mol. The Bertz CT molecular complexity index is 558. The van der Waals surface area contributed by atoms with Crippen LogP contribution >= 0.6 is 0 Å². The van der Waals surface area contributed by atoms with Crippen molar-refractivity contribution in [1.29, 1.82) is 0 Å². The smallest absolute Gasteiger partial charge is 0.328 e. The molecule has 4 nitrogen and oxygen atoms in total. The number of carboxylic acids is 1. The van der Waals surface area contributed by atoms with Crippen LogP contribution in [0.2, 0.25) is 0 Å². The number of nitrogens with zero attached hydrogens (tertiary/aromatic N) is 1. The summed E-state index contributed by atoms with van der Waals surface area (Å²) in [6.07, 6.45) is 4.23. The van der Waals surface area contributed by atoms with Gasteiger partial charge in [0, 0.05) is 17.7 Å². The lowest BCUT2D eigenvalue weighted by molar-refractivity contribution is -0.131. The molecule has 0 bridgehead atoms. The first-order chi connectivity index (χ1) is 8.27. The number of pyridine rings is 1. The maximum Gasteiger partial charge on any atom is 0.328 e. The Labute approximate surface area is 98.2 Å². The lowest BCUT2D eigenvalue weighted by Crippen LogP contribution is -1.96. The lowest BCUT2D eigenvalue weighted by Gasteiger charge is -2.06. The number of carbonyl (C=O) groups is 1. The number of hydrogen-bond donors (Lipinski definition) is 1. The predicted octanol–water partition coefficient (Wildman–Crippen LogP) is 2.25. The molecule has 0 spiro atoms. The van der Waals surface area contributed by atoms with Crippen molar-refractivity contribution in [3.8, 4) is 5.75 Å². The molecule has 4 heteroatoms. The van der Waals surface area contributed by atoms with Crippen LogP contribution < -0.4 is 4.74 Å². The Hall–Kier alpha value is -2.36. The normalized spacial score (nSPS) is 10.8. The fourth-order valence-corrected chi connectivity index (χ4v) is 1.49. The van der Waals surface area contributed by atoms with Gasteiger partial charge < -0.3 is 9.84 Å². The highest BCUT2D eigenvalue weighted by Crippen LogP contribution is 2.23. The summed E-state index contributed by atoms with van der Waals surface area (Å²) >= 11 is 0. The van der Waals surface area contributed by atoms with Crippen LogP contribution in [-0.4, -0.2) is 22.7 Å². The minimum atomic E-state index is -0.979. The lowest BCUT2D eigenvalue weighted by atomic mass is 10.2. The molecule has 2 aromatic rings. The molecule has 0 amide bonds. The van der Waals surface area contributed by atoms with Crippen molar-refractivity contribution in [2.45, 2.75) is 0 Å². The molecule has 1 N–H and O–H groups in total. The van der Waals surface area contributed by atoms with E-state index < -0.39 is 5.97 Å². The van der Waals surface area contributed by atoms with Gasteiger partial charge in [-0.1, -0.05) is 6.07 Å².